The van der Waals surface area contributed by atoms with Gasteiger partial charge in [-0.1, -0.05) is 12.1 Å². The van der Waals surface area contributed by atoms with E-state index >= 15 is 0 Å². The van der Waals surface area contributed by atoms with Crippen LogP contribution in [0.2, 0.25) is 0 Å². The van der Waals surface area contributed by atoms with Crippen LogP contribution >= 0.6 is 0 Å². The van der Waals surface area contributed by atoms with Crippen molar-refractivity contribution >= 4 is 5.69 Å². The maximum absolute atomic E-state index is 10.4. The first kappa shape index (κ1) is 10.1. The van der Waals surface area contributed by atoms with E-state index in [0.717, 1.165) is 13.0 Å². The van der Waals surface area contributed by atoms with E-state index in [2.05, 4.69) is 4.90 Å². The highest BCUT2D eigenvalue weighted by Gasteiger charge is 2.12. The first-order chi connectivity index (χ1) is 7.25. The number of nitrogens with zero attached hydrogens (tertiary/aromatic N) is 2. The van der Waals surface area contributed by atoms with Gasteiger partial charge in [-0.05, 0) is 31.5 Å². The van der Waals surface area contributed by atoms with E-state index in [1.54, 1.807) is 12.1 Å². The van der Waals surface area contributed by atoms with Crippen molar-refractivity contribution in [2.24, 2.45) is 0 Å². The van der Waals surface area contributed by atoms with Crippen LogP contribution in [0.4, 0.5) is 5.69 Å². The summed E-state index contributed by atoms with van der Waals surface area (Å²) in [5.41, 5.74) is 1.34. The van der Waals surface area contributed by atoms with Crippen LogP contribution in [0.1, 0.15) is 12.0 Å². The maximum Gasteiger partial charge on any atom is 0.269 e. The van der Waals surface area contributed by atoms with E-state index in [4.69, 9.17) is 0 Å². The zero-order valence-electron chi connectivity index (χ0n) is 8.56. The zero-order valence-corrected chi connectivity index (χ0v) is 8.56. The van der Waals surface area contributed by atoms with Crippen LogP contribution in [0.15, 0.2) is 24.3 Å². The number of hydrogen-bond acceptors (Lipinski definition) is 3. The summed E-state index contributed by atoms with van der Waals surface area (Å²) in [4.78, 5) is 12.5. The highest BCUT2D eigenvalue weighted by molar-refractivity contribution is 5.32. The van der Waals surface area contributed by atoms with Gasteiger partial charge in [-0.3, -0.25) is 10.1 Å². The summed E-state index contributed by atoms with van der Waals surface area (Å²) < 4.78 is 0. The lowest BCUT2D eigenvalue weighted by Crippen LogP contribution is -2.38. The van der Waals surface area contributed by atoms with Crippen LogP contribution in [0, 0.1) is 10.1 Å². The van der Waals surface area contributed by atoms with Crippen molar-refractivity contribution in [3.05, 3.63) is 39.9 Å². The molecule has 1 aromatic rings. The van der Waals surface area contributed by atoms with Crippen LogP contribution in [0.5, 0.6) is 0 Å². The lowest BCUT2D eigenvalue weighted by Gasteiger charge is -2.30. The third-order valence-corrected chi connectivity index (χ3v) is 2.81. The van der Waals surface area contributed by atoms with Crippen LogP contribution < -0.4 is 0 Å². The molecule has 0 N–H and O–H groups in total. The second-order valence-electron chi connectivity index (χ2n) is 3.87. The molecule has 0 unspecified atom stereocenters. The third kappa shape index (κ3) is 2.53. The molecular formula is C11H14N2O2. The average Bonchev–Trinajstić information content (AvgIpc) is 2.16. The summed E-state index contributed by atoms with van der Waals surface area (Å²) in [7, 11) is 0. The Labute approximate surface area is 88.7 Å². The van der Waals surface area contributed by atoms with Crippen molar-refractivity contribution in [2.75, 3.05) is 19.6 Å². The number of benzene rings is 1. The van der Waals surface area contributed by atoms with Crippen molar-refractivity contribution < 1.29 is 4.92 Å². The van der Waals surface area contributed by atoms with Gasteiger partial charge < -0.3 is 4.90 Å². The molecule has 15 heavy (non-hydrogen) atoms. The molecular weight excluding hydrogens is 192 g/mol. The predicted molar refractivity (Wildman–Crippen MR) is 57.9 cm³/mol. The van der Waals surface area contributed by atoms with Gasteiger partial charge in [-0.15, -0.1) is 0 Å². The van der Waals surface area contributed by atoms with Crippen molar-refractivity contribution in [3.63, 3.8) is 0 Å². The van der Waals surface area contributed by atoms with Gasteiger partial charge in [-0.25, -0.2) is 0 Å². The molecule has 2 rings (SSSR count). The largest absolute Gasteiger partial charge is 0.303 e. The number of rotatable bonds is 4. The quantitative estimate of drug-likeness (QED) is 0.558. The molecule has 1 aromatic carbocycles. The number of nitro benzene ring substituents is 1. The van der Waals surface area contributed by atoms with Crippen molar-refractivity contribution in [2.45, 2.75) is 12.8 Å². The second kappa shape index (κ2) is 4.40. The third-order valence-electron chi connectivity index (χ3n) is 2.81. The summed E-state index contributed by atoms with van der Waals surface area (Å²) in [5.74, 6) is 0. The van der Waals surface area contributed by atoms with Crippen LogP contribution in [-0.2, 0) is 6.42 Å². The monoisotopic (exact) mass is 206 g/mol. The molecule has 4 heteroatoms. The van der Waals surface area contributed by atoms with E-state index in [1.807, 2.05) is 12.1 Å². The summed E-state index contributed by atoms with van der Waals surface area (Å²) in [6, 6.07) is 6.84. The smallest absolute Gasteiger partial charge is 0.269 e. The van der Waals surface area contributed by atoms with E-state index in [-0.39, 0.29) is 10.6 Å². The Morgan fingerprint density at radius 3 is 2.40 bits per heavy atom. The number of likely N-dealkylation sites (tertiary alicyclic amines) is 1. The van der Waals surface area contributed by atoms with Gasteiger partial charge in [0, 0.05) is 18.7 Å². The first-order valence-corrected chi connectivity index (χ1v) is 5.21. The number of nitro groups is 1. The van der Waals surface area contributed by atoms with E-state index in [9.17, 15) is 10.1 Å². The topological polar surface area (TPSA) is 46.4 Å². The van der Waals surface area contributed by atoms with Gasteiger partial charge in [0.05, 0.1) is 4.92 Å². The Kier molecular flexibility index (Phi) is 2.97. The van der Waals surface area contributed by atoms with Crippen LogP contribution in [0.25, 0.3) is 0 Å². The van der Waals surface area contributed by atoms with E-state index in [0.29, 0.717) is 0 Å². The molecule has 0 amide bonds. The fourth-order valence-electron chi connectivity index (χ4n) is 1.68. The lowest BCUT2D eigenvalue weighted by atomic mass is 10.1. The Hall–Kier alpha value is -1.42. The molecule has 0 bridgehead atoms. The molecule has 0 atom stereocenters. The molecule has 1 heterocycles. The average molecular weight is 206 g/mol. The zero-order chi connectivity index (χ0) is 10.7. The SMILES string of the molecule is O=[N+]([O-])c1ccc(CCN2CCC2)cc1. The van der Waals surface area contributed by atoms with Gasteiger partial charge in [0.15, 0.2) is 0 Å². The van der Waals surface area contributed by atoms with Crippen molar-refractivity contribution in [1.82, 2.24) is 4.90 Å². The molecule has 0 aliphatic carbocycles. The highest BCUT2D eigenvalue weighted by Crippen LogP contribution is 2.13. The Morgan fingerprint density at radius 2 is 1.93 bits per heavy atom. The summed E-state index contributed by atoms with van der Waals surface area (Å²) in [5, 5.41) is 10.4. The molecule has 1 aliphatic rings. The number of non-ortho nitro benzene ring substituents is 1. The molecule has 80 valence electrons. The van der Waals surface area contributed by atoms with Crippen LogP contribution in [0.3, 0.4) is 0 Å². The maximum atomic E-state index is 10.4. The van der Waals surface area contributed by atoms with Gasteiger partial charge in [0.25, 0.3) is 5.69 Å². The normalized spacial score (nSPS) is 16.0. The fourth-order valence-corrected chi connectivity index (χ4v) is 1.68. The summed E-state index contributed by atoms with van der Waals surface area (Å²) in [6.45, 7) is 3.47. The van der Waals surface area contributed by atoms with E-state index < -0.39 is 0 Å². The molecule has 1 fully saturated rings. The minimum atomic E-state index is -0.362. The number of hydrogen-bond donors (Lipinski definition) is 0. The molecule has 0 saturated carbocycles. The minimum Gasteiger partial charge on any atom is -0.303 e. The molecule has 1 aliphatic heterocycles. The van der Waals surface area contributed by atoms with Gasteiger partial charge in [-0.2, -0.15) is 0 Å². The van der Waals surface area contributed by atoms with E-state index in [1.165, 1.54) is 25.1 Å². The Balaban J connectivity index is 1.88. The van der Waals surface area contributed by atoms with Crippen molar-refractivity contribution in [3.8, 4) is 0 Å². The van der Waals surface area contributed by atoms with Gasteiger partial charge >= 0.3 is 0 Å². The lowest BCUT2D eigenvalue weighted by molar-refractivity contribution is -0.384. The second-order valence-corrected chi connectivity index (χ2v) is 3.87. The molecule has 0 aromatic heterocycles. The Morgan fingerprint density at radius 1 is 1.27 bits per heavy atom. The first-order valence-electron chi connectivity index (χ1n) is 5.21. The molecule has 1 saturated heterocycles. The standard InChI is InChI=1S/C11H14N2O2/c14-13(15)11-4-2-10(3-5-11)6-9-12-7-1-8-12/h2-5H,1,6-9H2. The fraction of sp³-hybridized carbons (Fsp3) is 0.455. The van der Waals surface area contributed by atoms with Gasteiger partial charge in [0.1, 0.15) is 0 Å². The van der Waals surface area contributed by atoms with Crippen LogP contribution in [-0.4, -0.2) is 29.5 Å². The predicted octanol–water partition coefficient (Wildman–Crippen LogP) is 1.84. The highest BCUT2D eigenvalue weighted by atomic mass is 16.6. The van der Waals surface area contributed by atoms with Crippen molar-refractivity contribution in [1.29, 1.82) is 0 Å². The Bertz CT molecular complexity index is 344. The molecule has 0 radical (unpaired) electrons. The summed E-state index contributed by atoms with van der Waals surface area (Å²) in [6.07, 6.45) is 2.29. The summed E-state index contributed by atoms with van der Waals surface area (Å²) >= 11 is 0. The molecule has 4 nitrogen and oxygen atoms in total. The molecule has 0 spiro atoms. The minimum absolute atomic E-state index is 0.169. The van der Waals surface area contributed by atoms with Gasteiger partial charge in [0.2, 0.25) is 0 Å².